The fraction of sp³-hybridized carbons (Fsp3) is 0.267. The Labute approximate surface area is 144 Å². The van der Waals surface area contributed by atoms with Gasteiger partial charge in [-0.2, -0.15) is 13.2 Å². The first-order valence-electron chi connectivity index (χ1n) is 6.96. The number of anilines is 1. The molecule has 2 N–H and O–H groups in total. The van der Waals surface area contributed by atoms with Gasteiger partial charge in [-0.1, -0.05) is 0 Å². The SMILES string of the molecule is CC(C)Oc1ccc(C(=O)O)cc1NC(=O)c1csc(C(F)(F)F)n1. The average Bonchev–Trinajstić information content (AvgIpc) is 2.98. The molecule has 0 saturated heterocycles. The molecule has 1 aromatic heterocycles. The summed E-state index contributed by atoms with van der Waals surface area (Å²) < 4.78 is 43.2. The van der Waals surface area contributed by atoms with Crippen LogP contribution in [0.3, 0.4) is 0 Å². The maximum atomic E-state index is 12.6. The molecule has 0 aliphatic heterocycles. The van der Waals surface area contributed by atoms with E-state index >= 15 is 0 Å². The van der Waals surface area contributed by atoms with Crippen molar-refractivity contribution in [3.63, 3.8) is 0 Å². The van der Waals surface area contributed by atoms with Gasteiger partial charge in [0, 0.05) is 5.38 Å². The van der Waals surface area contributed by atoms with Crippen LogP contribution in [-0.2, 0) is 6.18 Å². The summed E-state index contributed by atoms with van der Waals surface area (Å²) in [5, 5.41) is 11.2. The van der Waals surface area contributed by atoms with Crippen LogP contribution in [0.5, 0.6) is 5.75 Å². The third kappa shape index (κ3) is 4.69. The van der Waals surface area contributed by atoms with Crippen molar-refractivity contribution in [2.75, 3.05) is 5.32 Å². The summed E-state index contributed by atoms with van der Waals surface area (Å²) >= 11 is 0.296. The van der Waals surface area contributed by atoms with Gasteiger partial charge in [0.15, 0.2) is 5.01 Å². The predicted molar refractivity (Wildman–Crippen MR) is 84.2 cm³/mol. The van der Waals surface area contributed by atoms with Crippen LogP contribution in [0, 0.1) is 0 Å². The van der Waals surface area contributed by atoms with E-state index in [4.69, 9.17) is 9.84 Å². The van der Waals surface area contributed by atoms with Gasteiger partial charge in [-0.15, -0.1) is 11.3 Å². The summed E-state index contributed by atoms with van der Waals surface area (Å²) in [5.74, 6) is -1.93. The standard InChI is InChI=1S/C15H13F3N2O4S/c1-7(2)24-11-4-3-8(13(22)23)5-9(11)19-12(21)10-6-25-14(20-10)15(16,17)18/h3-7H,1-2H3,(H,19,21)(H,22,23). The summed E-state index contributed by atoms with van der Waals surface area (Å²) in [4.78, 5) is 26.5. The largest absolute Gasteiger partial charge is 0.489 e. The molecule has 1 amide bonds. The van der Waals surface area contributed by atoms with Crippen LogP contribution in [0.25, 0.3) is 0 Å². The van der Waals surface area contributed by atoms with E-state index in [1.54, 1.807) is 13.8 Å². The second kappa shape index (κ2) is 7.09. The zero-order valence-electron chi connectivity index (χ0n) is 13.0. The van der Waals surface area contributed by atoms with Gasteiger partial charge < -0.3 is 15.2 Å². The number of aromatic carboxylic acids is 1. The smallest absolute Gasteiger partial charge is 0.443 e. The third-order valence-corrected chi connectivity index (χ3v) is 3.70. The third-order valence-electron chi connectivity index (χ3n) is 2.82. The summed E-state index contributed by atoms with van der Waals surface area (Å²) in [7, 11) is 0. The maximum Gasteiger partial charge on any atom is 0.443 e. The van der Waals surface area contributed by atoms with E-state index < -0.39 is 28.8 Å². The Morgan fingerprint density at radius 3 is 2.52 bits per heavy atom. The number of carbonyl (C=O) groups excluding carboxylic acids is 1. The highest BCUT2D eigenvalue weighted by atomic mass is 32.1. The van der Waals surface area contributed by atoms with E-state index in [1.165, 1.54) is 12.1 Å². The molecule has 0 aliphatic carbocycles. The van der Waals surface area contributed by atoms with Crippen LogP contribution in [0.1, 0.15) is 39.7 Å². The highest BCUT2D eigenvalue weighted by molar-refractivity contribution is 7.10. The van der Waals surface area contributed by atoms with Gasteiger partial charge in [0.1, 0.15) is 11.4 Å². The first kappa shape index (κ1) is 18.7. The molecular formula is C15H13F3N2O4S. The Morgan fingerprint density at radius 1 is 1.32 bits per heavy atom. The molecular weight excluding hydrogens is 361 g/mol. The van der Waals surface area contributed by atoms with Gasteiger partial charge in [0.2, 0.25) is 0 Å². The van der Waals surface area contributed by atoms with Crippen LogP contribution in [0.4, 0.5) is 18.9 Å². The van der Waals surface area contributed by atoms with Crippen LogP contribution in [0.2, 0.25) is 0 Å². The van der Waals surface area contributed by atoms with Crippen molar-refractivity contribution in [1.82, 2.24) is 4.98 Å². The predicted octanol–water partition coefficient (Wildman–Crippen LogP) is 3.90. The van der Waals surface area contributed by atoms with Crippen molar-refractivity contribution >= 4 is 28.9 Å². The van der Waals surface area contributed by atoms with Crippen molar-refractivity contribution in [3.05, 3.63) is 39.8 Å². The number of ether oxygens (including phenoxy) is 1. The normalized spacial score (nSPS) is 11.4. The first-order valence-corrected chi connectivity index (χ1v) is 7.84. The zero-order valence-corrected chi connectivity index (χ0v) is 13.9. The fourth-order valence-corrected chi connectivity index (χ4v) is 2.48. The molecule has 0 spiro atoms. The van der Waals surface area contributed by atoms with Crippen molar-refractivity contribution < 1.29 is 32.6 Å². The minimum absolute atomic E-state index is 0.0279. The van der Waals surface area contributed by atoms with Crippen LogP contribution < -0.4 is 10.1 Å². The van der Waals surface area contributed by atoms with Crippen molar-refractivity contribution in [2.24, 2.45) is 0 Å². The van der Waals surface area contributed by atoms with Gasteiger partial charge in [0.05, 0.1) is 17.4 Å². The number of hydrogen-bond acceptors (Lipinski definition) is 5. The molecule has 0 atom stereocenters. The lowest BCUT2D eigenvalue weighted by molar-refractivity contribution is -0.137. The van der Waals surface area contributed by atoms with E-state index in [2.05, 4.69) is 10.3 Å². The molecule has 0 unspecified atom stereocenters. The number of carboxylic acids is 1. The molecule has 0 aliphatic rings. The van der Waals surface area contributed by atoms with Gasteiger partial charge in [-0.25, -0.2) is 9.78 Å². The summed E-state index contributed by atoms with van der Waals surface area (Å²) in [6, 6.07) is 3.82. The second-order valence-corrected chi connectivity index (χ2v) is 6.03. The maximum absolute atomic E-state index is 12.6. The van der Waals surface area contributed by atoms with Gasteiger partial charge in [0.25, 0.3) is 5.91 Å². The first-order chi connectivity index (χ1) is 11.6. The molecule has 0 fully saturated rings. The Kier molecular flexibility index (Phi) is 5.31. The molecule has 10 heteroatoms. The zero-order chi connectivity index (χ0) is 18.8. The number of halogens is 3. The molecule has 0 saturated carbocycles. The molecule has 25 heavy (non-hydrogen) atoms. The van der Waals surface area contributed by atoms with E-state index in [1.807, 2.05) is 0 Å². The number of aromatic nitrogens is 1. The number of rotatable bonds is 5. The highest BCUT2D eigenvalue weighted by Gasteiger charge is 2.35. The number of hydrogen-bond donors (Lipinski definition) is 2. The number of amides is 1. The molecule has 0 bridgehead atoms. The lowest BCUT2D eigenvalue weighted by atomic mass is 10.2. The van der Waals surface area contributed by atoms with E-state index in [-0.39, 0.29) is 23.1 Å². The summed E-state index contributed by atoms with van der Waals surface area (Å²) in [6.45, 7) is 3.46. The Bertz CT molecular complexity index is 802. The molecule has 6 nitrogen and oxygen atoms in total. The number of thiazole rings is 1. The minimum atomic E-state index is -4.64. The number of carboxylic acid groups (broad SMARTS) is 1. The van der Waals surface area contributed by atoms with Crippen LogP contribution in [0.15, 0.2) is 23.6 Å². The van der Waals surface area contributed by atoms with Gasteiger partial charge >= 0.3 is 12.1 Å². The van der Waals surface area contributed by atoms with Crippen LogP contribution >= 0.6 is 11.3 Å². The van der Waals surface area contributed by atoms with E-state index in [9.17, 15) is 22.8 Å². The number of benzene rings is 1. The minimum Gasteiger partial charge on any atom is -0.489 e. The molecule has 134 valence electrons. The van der Waals surface area contributed by atoms with Crippen molar-refractivity contribution in [3.8, 4) is 5.75 Å². The Morgan fingerprint density at radius 2 is 2.00 bits per heavy atom. The average molecular weight is 374 g/mol. The number of alkyl halides is 3. The monoisotopic (exact) mass is 374 g/mol. The number of nitrogens with one attached hydrogen (secondary N) is 1. The van der Waals surface area contributed by atoms with E-state index in [0.29, 0.717) is 11.3 Å². The lowest BCUT2D eigenvalue weighted by Crippen LogP contribution is -2.16. The van der Waals surface area contributed by atoms with Crippen molar-refractivity contribution in [1.29, 1.82) is 0 Å². The van der Waals surface area contributed by atoms with Crippen molar-refractivity contribution in [2.45, 2.75) is 26.1 Å². The lowest BCUT2D eigenvalue weighted by Gasteiger charge is -2.15. The molecule has 2 rings (SSSR count). The number of nitrogens with zero attached hydrogens (tertiary/aromatic N) is 1. The Hall–Kier alpha value is -2.62. The molecule has 0 radical (unpaired) electrons. The topological polar surface area (TPSA) is 88.5 Å². The molecule has 2 aromatic rings. The van der Waals surface area contributed by atoms with Gasteiger partial charge in [-0.05, 0) is 32.0 Å². The van der Waals surface area contributed by atoms with Crippen LogP contribution in [-0.4, -0.2) is 28.1 Å². The molecule has 1 aromatic carbocycles. The highest BCUT2D eigenvalue weighted by Crippen LogP contribution is 2.32. The Balaban J connectivity index is 2.30. The fourth-order valence-electron chi connectivity index (χ4n) is 1.81. The summed E-state index contributed by atoms with van der Waals surface area (Å²) in [5.41, 5.74) is -0.505. The number of carbonyl (C=O) groups is 2. The quantitative estimate of drug-likeness (QED) is 0.829. The second-order valence-electron chi connectivity index (χ2n) is 5.17. The van der Waals surface area contributed by atoms with E-state index in [0.717, 1.165) is 11.4 Å². The van der Waals surface area contributed by atoms with Gasteiger partial charge in [-0.3, -0.25) is 4.79 Å². The summed E-state index contributed by atoms with van der Waals surface area (Å²) in [6.07, 6.45) is -4.90. The molecule has 1 heterocycles.